The van der Waals surface area contributed by atoms with E-state index < -0.39 is 0 Å². The first-order valence-electron chi connectivity index (χ1n) is 5.94. The fourth-order valence-electron chi connectivity index (χ4n) is 1.79. The summed E-state index contributed by atoms with van der Waals surface area (Å²) in [7, 11) is 1.96. The SMILES string of the molecule is CCCCCCc1ncc2ncn(C)c2n1. The van der Waals surface area contributed by atoms with Crippen LogP contribution in [-0.2, 0) is 13.5 Å². The van der Waals surface area contributed by atoms with E-state index in [9.17, 15) is 0 Å². The molecule has 0 N–H and O–H groups in total. The number of imidazole rings is 1. The van der Waals surface area contributed by atoms with Crippen molar-refractivity contribution < 1.29 is 0 Å². The van der Waals surface area contributed by atoms with Crippen molar-refractivity contribution in [2.24, 2.45) is 7.05 Å². The number of nitrogens with zero attached hydrogens (tertiary/aromatic N) is 4. The van der Waals surface area contributed by atoms with Gasteiger partial charge in [-0.1, -0.05) is 26.2 Å². The number of aryl methyl sites for hydroxylation is 2. The quantitative estimate of drug-likeness (QED) is 0.724. The summed E-state index contributed by atoms with van der Waals surface area (Å²) < 4.78 is 1.94. The number of unbranched alkanes of at least 4 members (excludes halogenated alkanes) is 3. The number of hydrogen-bond acceptors (Lipinski definition) is 3. The van der Waals surface area contributed by atoms with Crippen molar-refractivity contribution in [1.29, 1.82) is 0 Å². The number of fused-ring (bicyclic) bond motifs is 1. The van der Waals surface area contributed by atoms with Crippen LogP contribution in [0.3, 0.4) is 0 Å². The Morgan fingerprint density at radius 3 is 2.88 bits per heavy atom. The molecule has 0 atom stereocenters. The second kappa shape index (κ2) is 5.05. The van der Waals surface area contributed by atoms with Gasteiger partial charge in [0.25, 0.3) is 0 Å². The van der Waals surface area contributed by atoms with Crippen LogP contribution >= 0.6 is 0 Å². The molecular formula is C12H18N4. The molecule has 2 heterocycles. The molecule has 0 spiro atoms. The van der Waals surface area contributed by atoms with E-state index in [0.29, 0.717) is 0 Å². The first-order valence-corrected chi connectivity index (χ1v) is 5.94. The van der Waals surface area contributed by atoms with Crippen LogP contribution in [0.5, 0.6) is 0 Å². The topological polar surface area (TPSA) is 43.6 Å². The molecule has 0 aliphatic heterocycles. The Hall–Kier alpha value is -1.45. The van der Waals surface area contributed by atoms with Crippen molar-refractivity contribution in [3.8, 4) is 0 Å². The molecule has 0 saturated carbocycles. The highest BCUT2D eigenvalue weighted by molar-refractivity contribution is 5.69. The van der Waals surface area contributed by atoms with Gasteiger partial charge < -0.3 is 4.57 Å². The normalized spacial score (nSPS) is 11.1. The lowest BCUT2D eigenvalue weighted by atomic mass is 10.1. The lowest BCUT2D eigenvalue weighted by Crippen LogP contribution is -1.97. The Balaban J connectivity index is 2.04. The maximum atomic E-state index is 4.52. The fourth-order valence-corrected chi connectivity index (χ4v) is 1.79. The molecule has 0 radical (unpaired) electrons. The zero-order valence-electron chi connectivity index (χ0n) is 9.98. The van der Waals surface area contributed by atoms with E-state index in [0.717, 1.165) is 23.4 Å². The molecule has 2 rings (SSSR count). The molecule has 0 bridgehead atoms. The minimum absolute atomic E-state index is 0.875. The van der Waals surface area contributed by atoms with Crippen LogP contribution in [0.2, 0.25) is 0 Å². The van der Waals surface area contributed by atoms with Crippen LogP contribution < -0.4 is 0 Å². The predicted octanol–water partition coefficient (Wildman–Crippen LogP) is 2.49. The van der Waals surface area contributed by atoms with Gasteiger partial charge in [-0.3, -0.25) is 0 Å². The summed E-state index contributed by atoms with van der Waals surface area (Å²) in [4.78, 5) is 13.1. The minimum atomic E-state index is 0.875. The van der Waals surface area contributed by atoms with Crippen molar-refractivity contribution in [2.45, 2.75) is 39.0 Å². The molecule has 86 valence electrons. The Morgan fingerprint density at radius 1 is 1.19 bits per heavy atom. The van der Waals surface area contributed by atoms with Gasteiger partial charge in [-0.05, 0) is 6.42 Å². The van der Waals surface area contributed by atoms with Gasteiger partial charge in [0.2, 0.25) is 0 Å². The lowest BCUT2D eigenvalue weighted by molar-refractivity contribution is 0.653. The number of aromatic nitrogens is 4. The summed E-state index contributed by atoms with van der Waals surface area (Å²) >= 11 is 0. The van der Waals surface area contributed by atoms with Crippen molar-refractivity contribution >= 4 is 11.2 Å². The molecule has 0 aromatic carbocycles. The largest absolute Gasteiger partial charge is 0.318 e. The van der Waals surface area contributed by atoms with Crippen LogP contribution in [0.15, 0.2) is 12.5 Å². The molecule has 4 nitrogen and oxygen atoms in total. The molecule has 4 heteroatoms. The Morgan fingerprint density at radius 2 is 2.06 bits per heavy atom. The van der Waals surface area contributed by atoms with E-state index in [-0.39, 0.29) is 0 Å². The van der Waals surface area contributed by atoms with Crippen LogP contribution in [0, 0.1) is 0 Å². The molecule has 0 saturated heterocycles. The fraction of sp³-hybridized carbons (Fsp3) is 0.583. The van der Waals surface area contributed by atoms with Gasteiger partial charge in [0.1, 0.15) is 11.3 Å². The van der Waals surface area contributed by atoms with E-state index in [4.69, 9.17) is 0 Å². The maximum absolute atomic E-state index is 4.52. The third-order valence-electron chi connectivity index (χ3n) is 2.76. The van der Waals surface area contributed by atoms with Gasteiger partial charge in [-0.15, -0.1) is 0 Å². The van der Waals surface area contributed by atoms with E-state index in [1.807, 2.05) is 17.8 Å². The molecule has 2 aromatic rings. The van der Waals surface area contributed by atoms with Crippen LogP contribution in [0.1, 0.15) is 38.4 Å². The number of hydrogen-bond donors (Lipinski definition) is 0. The molecule has 2 aromatic heterocycles. The van der Waals surface area contributed by atoms with Crippen LogP contribution in [0.4, 0.5) is 0 Å². The summed E-state index contributed by atoms with van der Waals surface area (Å²) in [5.74, 6) is 0.937. The third kappa shape index (κ3) is 2.38. The monoisotopic (exact) mass is 218 g/mol. The van der Waals surface area contributed by atoms with Gasteiger partial charge in [0, 0.05) is 13.5 Å². The smallest absolute Gasteiger partial charge is 0.163 e. The Kier molecular flexibility index (Phi) is 3.49. The van der Waals surface area contributed by atoms with Gasteiger partial charge in [0.15, 0.2) is 5.65 Å². The van der Waals surface area contributed by atoms with Crippen LogP contribution in [-0.4, -0.2) is 19.5 Å². The van der Waals surface area contributed by atoms with Crippen molar-refractivity contribution in [3.63, 3.8) is 0 Å². The van der Waals surface area contributed by atoms with Gasteiger partial charge in [0.05, 0.1) is 12.5 Å². The highest BCUT2D eigenvalue weighted by Crippen LogP contribution is 2.09. The van der Waals surface area contributed by atoms with E-state index in [1.54, 1.807) is 6.33 Å². The van der Waals surface area contributed by atoms with E-state index in [1.165, 1.54) is 25.7 Å². The summed E-state index contributed by atoms with van der Waals surface area (Å²) in [6.07, 6.45) is 9.58. The Bertz CT molecular complexity index is 461. The molecule has 0 unspecified atom stereocenters. The first kappa shape index (κ1) is 11.0. The number of rotatable bonds is 5. The molecule has 0 amide bonds. The Labute approximate surface area is 95.7 Å². The van der Waals surface area contributed by atoms with Gasteiger partial charge in [-0.2, -0.15) is 0 Å². The molecule has 0 fully saturated rings. The summed E-state index contributed by atoms with van der Waals surface area (Å²) in [6.45, 7) is 2.22. The lowest BCUT2D eigenvalue weighted by Gasteiger charge is -2.00. The van der Waals surface area contributed by atoms with Crippen LogP contribution in [0.25, 0.3) is 11.2 Å². The predicted molar refractivity (Wildman–Crippen MR) is 64.2 cm³/mol. The van der Waals surface area contributed by atoms with E-state index >= 15 is 0 Å². The standard InChI is InChI=1S/C12H18N4/c1-3-4-5-6-7-11-13-8-10-12(15-11)16(2)9-14-10/h8-9H,3-7H2,1-2H3. The average Bonchev–Trinajstić information content (AvgIpc) is 2.67. The highest BCUT2D eigenvalue weighted by Gasteiger charge is 2.03. The van der Waals surface area contributed by atoms with E-state index in [2.05, 4.69) is 21.9 Å². The summed E-state index contributed by atoms with van der Waals surface area (Å²) in [5, 5.41) is 0. The zero-order valence-corrected chi connectivity index (χ0v) is 9.98. The molecule has 0 aliphatic rings. The van der Waals surface area contributed by atoms with Gasteiger partial charge in [-0.25, -0.2) is 15.0 Å². The second-order valence-corrected chi connectivity index (χ2v) is 4.16. The average molecular weight is 218 g/mol. The summed E-state index contributed by atoms with van der Waals surface area (Å²) in [5.41, 5.74) is 1.81. The van der Waals surface area contributed by atoms with Crippen molar-refractivity contribution in [1.82, 2.24) is 19.5 Å². The highest BCUT2D eigenvalue weighted by atomic mass is 15.1. The first-order chi connectivity index (χ1) is 7.81. The maximum Gasteiger partial charge on any atom is 0.163 e. The minimum Gasteiger partial charge on any atom is -0.318 e. The van der Waals surface area contributed by atoms with Gasteiger partial charge >= 0.3 is 0 Å². The molecule has 0 aliphatic carbocycles. The zero-order chi connectivity index (χ0) is 11.4. The third-order valence-corrected chi connectivity index (χ3v) is 2.76. The second-order valence-electron chi connectivity index (χ2n) is 4.16. The molecule has 16 heavy (non-hydrogen) atoms. The molecular weight excluding hydrogens is 200 g/mol. The van der Waals surface area contributed by atoms with Crippen molar-refractivity contribution in [3.05, 3.63) is 18.3 Å². The summed E-state index contributed by atoms with van der Waals surface area (Å²) in [6, 6.07) is 0. The van der Waals surface area contributed by atoms with Crippen molar-refractivity contribution in [2.75, 3.05) is 0 Å².